The second kappa shape index (κ2) is 6.50. The molecule has 0 saturated heterocycles. The van der Waals surface area contributed by atoms with Crippen molar-refractivity contribution in [1.29, 1.82) is 0 Å². The Morgan fingerprint density at radius 2 is 1.69 bits per heavy atom. The molecule has 0 spiro atoms. The summed E-state index contributed by atoms with van der Waals surface area (Å²) in [6, 6.07) is 0.340. The molecule has 4 saturated carbocycles. The smallest absolute Gasteiger partial charge is 0.302 e. The van der Waals surface area contributed by atoms with Gasteiger partial charge in [-0.15, -0.1) is 0 Å². The summed E-state index contributed by atoms with van der Waals surface area (Å²) in [7, 11) is 0. The van der Waals surface area contributed by atoms with E-state index < -0.39 is 0 Å². The molecule has 3 heteroatoms. The van der Waals surface area contributed by atoms with Crippen LogP contribution in [0.4, 0.5) is 0 Å². The summed E-state index contributed by atoms with van der Waals surface area (Å²) in [5.41, 5.74) is 7.35. The summed E-state index contributed by atoms with van der Waals surface area (Å²) in [5, 5.41) is 0. The van der Waals surface area contributed by atoms with Crippen molar-refractivity contribution in [1.82, 2.24) is 0 Å². The van der Waals surface area contributed by atoms with Gasteiger partial charge in [0.1, 0.15) is 6.10 Å². The molecule has 0 amide bonds. The third kappa shape index (κ3) is 2.75. The molecule has 3 nitrogen and oxygen atoms in total. The van der Waals surface area contributed by atoms with E-state index in [1.165, 1.54) is 44.9 Å². The Balaban J connectivity index is 1.53. The van der Waals surface area contributed by atoms with Crippen molar-refractivity contribution >= 4 is 5.97 Å². The Hall–Kier alpha value is -0.570. The highest BCUT2D eigenvalue weighted by molar-refractivity contribution is 5.66. The maximum atomic E-state index is 11.4. The molecule has 4 aliphatic rings. The summed E-state index contributed by atoms with van der Waals surface area (Å²) < 4.78 is 5.59. The number of carbonyl (C=O) groups is 1. The number of nitrogens with two attached hydrogens (primary N) is 1. The average molecular weight is 362 g/mol. The number of ether oxygens (including phenoxy) is 1. The topological polar surface area (TPSA) is 52.3 Å². The molecular weight excluding hydrogens is 322 g/mol. The van der Waals surface area contributed by atoms with E-state index in [2.05, 4.69) is 20.8 Å². The van der Waals surface area contributed by atoms with Gasteiger partial charge < -0.3 is 10.5 Å². The molecule has 0 heterocycles. The summed E-state index contributed by atoms with van der Waals surface area (Å²) in [4.78, 5) is 11.4. The molecule has 0 aliphatic heterocycles. The van der Waals surface area contributed by atoms with E-state index in [1.807, 2.05) is 0 Å². The predicted octanol–water partition coefficient (Wildman–Crippen LogP) is 4.92. The van der Waals surface area contributed by atoms with Crippen LogP contribution in [0.25, 0.3) is 0 Å². The van der Waals surface area contributed by atoms with Gasteiger partial charge >= 0.3 is 5.97 Å². The van der Waals surface area contributed by atoms with E-state index in [-0.39, 0.29) is 12.1 Å². The number of esters is 1. The fourth-order valence-corrected chi connectivity index (χ4v) is 8.46. The van der Waals surface area contributed by atoms with E-state index in [4.69, 9.17) is 10.5 Å². The van der Waals surface area contributed by atoms with Crippen molar-refractivity contribution in [2.45, 2.75) is 97.6 Å². The lowest BCUT2D eigenvalue weighted by Gasteiger charge is -2.61. The molecule has 2 N–H and O–H groups in total. The van der Waals surface area contributed by atoms with Gasteiger partial charge in [-0.25, -0.2) is 0 Å². The number of fused-ring (bicyclic) bond motifs is 5. The molecular formula is C23H39NO2. The summed E-state index contributed by atoms with van der Waals surface area (Å²) in [6.45, 7) is 8.95. The third-order valence-electron chi connectivity index (χ3n) is 9.66. The molecule has 4 aliphatic carbocycles. The zero-order valence-corrected chi connectivity index (χ0v) is 17.3. The number of hydrogen-bond donors (Lipinski definition) is 1. The minimum atomic E-state index is -0.103. The van der Waals surface area contributed by atoms with Crippen LogP contribution in [0.2, 0.25) is 0 Å². The highest BCUT2D eigenvalue weighted by Crippen LogP contribution is 2.67. The number of carbonyl (C=O) groups excluding carboxylic acids is 1. The normalized spacial score (nSPS) is 51.7. The van der Waals surface area contributed by atoms with Crippen LogP contribution in [0.3, 0.4) is 0 Å². The lowest BCUT2D eigenvalue weighted by atomic mass is 9.44. The maximum Gasteiger partial charge on any atom is 0.302 e. The molecule has 4 fully saturated rings. The van der Waals surface area contributed by atoms with Gasteiger partial charge in [0.05, 0.1) is 0 Å². The zero-order valence-electron chi connectivity index (χ0n) is 17.3. The first-order valence-corrected chi connectivity index (χ1v) is 11.2. The molecule has 4 rings (SSSR count). The van der Waals surface area contributed by atoms with Gasteiger partial charge in [-0.1, -0.05) is 13.8 Å². The minimum Gasteiger partial charge on any atom is -0.463 e. The summed E-state index contributed by atoms with van der Waals surface area (Å²) in [6.07, 6.45) is 11.8. The fourth-order valence-electron chi connectivity index (χ4n) is 8.46. The van der Waals surface area contributed by atoms with Gasteiger partial charge in [-0.2, -0.15) is 0 Å². The summed E-state index contributed by atoms with van der Waals surface area (Å²) >= 11 is 0. The first-order chi connectivity index (χ1) is 12.3. The number of rotatable bonds is 2. The molecule has 0 aromatic rings. The maximum absolute atomic E-state index is 11.4. The van der Waals surface area contributed by atoms with Crippen molar-refractivity contribution < 1.29 is 9.53 Å². The van der Waals surface area contributed by atoms with Gasteiger partial charge in [0, 0.05) is 13.0 Å². The van der Waals surface area contributed by atoms with Crippen LogP contribution < -0.4 is 5.73 Å². The largest absolute Gasteiger partial charge is 0.463 e. The Morgan fingerprint density at radius 1 is 1.00 bits per heavy atom. The lowest BCUT2D eigenvalue weighted by Crippen LogP contribution is -2.55. The van der Waals surface area contributed by atoms with Crippen molar-refractivity contribution in [3.05, 3.63) is 0 Å². The molecule has 0 bridgehead atoms. The average Bonchev–Trinajstić information content (AvgIpc) is 2.92. The van der Waals surface area contributed by atoms with Gasteiger partial charge in [-0.3, -0.25) is 4.79 Å². The predicted molar refractivity (Wildman–Crippen MR) is 104 cm³/mol. The van der Waals surface area contributed by atoms with Gasteiger partial charge in [0.2, 0.25) is 0 Å². The number of hydrogen-bond acceptors (Lipinski definition) is 3. The van der Waals surface area contributed by atoms with Gasteiger partial charge in [0.15, 0.2) is 0 Å². The van der Waals surface area contributed by atoms with E-state index in [1.54, 1.807) is 6.92 Å². The van der Waals surface area contributed by atoms with E-state index >= 15 is 0 Å². The monoisotopic (exact) mass is 361 g/mol. The van der Waals surface area contributed by atoms with Gasteiger partial charge in [0.25, 0.3) is 0 Å². The van der Waals surface area contributed by atoms with E-state index in [0.29, 0.717) is 16.9 Å². The Labute approximate surface area is 159 Å². The fraction of sp³-hybridized carbons (Fsp3) is 0.957. The van der Waals surface area contributed by atoms with E-state index in [9.17, 15) is 4.79 Å². The second-order valence-electron chi connectivity index (χ2n) is 10.8. The third-order valence-corrected chi connectivity index (χ3v) is 9.66. The van der Waals surface area contributed by atoms with Crippen molar-refractivity contribution in [3.8, 4) is 0 Å². The van der Waals surface area contributed by atoms with Crippen LogP contribution in [0.15, 0.2) is 0 Å². The molecule has 9 atom stereocenters. The molecule has 0 radical (unpaired) electrons. The zero-order chi connectivity index (χ0) is 18.7. The quantitative estimate of drug-likeness (QED) is 0.710. The lowest BCUT2D eigenvalue weighted by molar-refractivity contribution is -0.160. The highest BCUT2D eigenvalue weighted by Gasteiger charge is 2.60. The second-order valence-corrected chi connectivity index (χ2v) is 10.8. The molecule has 0 unspecified atom stereocenters. The molecule has 0 aromatic heterocycles. The van der Waals surface area contributed by atoms with Crippen LogP contribution in [0, 0.1) is 40.4 Å². The van der Waals surface area contributed by atoms with Crippen LogP contribution in [0.1, 0.15) is 85.5 Å². The van der Waals surface area contributed by atoms with Crippen LogP contribution in [0.5, 0.6) is 0 Å². The van der Waals surface area contributed by atoms with Crippen molar-refractivity contribution in [3.63, 3.8) is 0 Å². The standard InChI is InChI=1S/C23H39NO2/c1-14(24)19-7-8-20-18-6-5-16-13-17(26-15(2)25)9-11-22(16,3)21(18)10-12-23(19,20)4/h14,16-21H,5-13,24H2,1-4H3/t14-,16-,17+,18+,19-,20+,21+,22-,23+/m0/s1. The van der Waals surface area contributed by atoms with Crippen molar-refractivity contribution in [2.24, 2.45) is 46.2 Å². The van der Waals surface area contributed by atoms with Crippen molar-refractivity contribution in [2.75, 3.05) is 0 Å². The van der Waals surface area contributed by atoms with Crippen LogP contribution >= 0.6 is 0 Å². The van der Waals surface area contributed by atoms with Crippen LogP contribution in [-0.4, -0.2) is 18.1 Å². The first kappa shape index (κ1) is 18.8. The molecule has 148 valence electrons. The summed E-state index contributed by atoms with van der Waals surface area (Å²) in [5.74, 6) is 4.04. The Kier molecular flexibility index (Phi) is 4.69. The van der Waals surface area contributed by atoms with Gasteiger partial charge in [-0.05, 0) is 105 Å². The molecule has 0 aromatic carbocycles. The first-order valence-electron chi connectivity index (χ1n) is 11.2. The Morgan fingerprint density at radius 3 is 2.38 bits per heavy atom. The Bertz CT molecular complexity index is 560. The SMILES string of the molecule is CC(=O)O[C@@H]1CC[C@@]2(C)[C@@H](CC[C@H]3[C@H]2CC[C@@]2(C)[C@@H]3CC[C@H]2[C@H](C)N)C1. The highest BCUT2D eigenvalue weighted by atomic mass is 16.5. The minimum absolute atomic E-state index is 0.103. The molecule has 26 heavy (non-hydrogen) atoms. The van der Waals surface area contributed by atoms with E-state index in [0.717, 1.165) is 42.4 Å². The van der Waals surface area contributed by atoms with Crippen LogP contribution in [-0.2, 0) is 9.53 Å².